The van der Waals surface area contributed by atoms with Crippen molar-refractivity contribution in [1.29, 1.82) is 0 Å². The molecule has 0 radical (unpaired) electrons. The molecule has 1 aliphatic carbocycles. The van der Waals surface area contributed by atoms with E-state index in [9.17, 15) is 8.78 Å². The standard InChI is InChI=1S/C18H18F2/c1-11(2)18-16-9-14(19)7-5-12(16)3-4-13-6-8-15(20)10-17(13)18/h5-11,18H,3-4H2,1-2H3. The number of rotatable bonds is 1. The Morgan fingerprint density at radius 3 is 1.70 bits per heavy atom. The summed E-state index contributed by atoms with van der Waals surface area (Å²) in [5, 5.41) is 0. The molecule has 104 valence electrons. The maximum absolute atomic E-state index is 13.6. The summed E-state index contributed by atoms with van der Waals surface area (Å²) < 4.78 is 27.3. The number of hydrogen-bond donors (Lipinski definition) is 0. The molecule has 0 nitrogen and oxygen atoms in total. The zero-order chi connectivity index (χ0) is 14.3. The van der Waals surface area contributed by atoms with E-state index in [4.69, 9.17) is 0 Å². The third-order valence-corrected chi connectivity index (χ3v) is 4.22. The predicted octanol–water partition coefficient (Wildman–Crippen LogP) is 4.85. The summed E-state index contributed by atoms with van der Waals surface area (Å²) in [6.07, 6.45) is 1.77. The van der Waals surface area contributed by atoms with Gasteiger partial charge in [0.25, 0.3) is 0 Å². The lowest BCUT2D eigenvalue weighted by Gasteiger charge is -2.24. The Morgan fingerprint density at radius 2 is 1.30 bits per heavy atom. The first-order valence-corrected chi connectivity index (χ1v) is 7.13. The van der Waals surface area contributed by atoms with Crippen LogP contribution in [0.15, 0.2) is 36.4 Å². The molecule has 0 saturated carbocycles. The molecule has 0 aromatic heterocycles. The minimum atomic E-state index is -0.214. The maximum atomic E-state index is 13.6. The van der Waals surface area contributed by atoms with Crippen LogP contribution in [0.2, 0.25) is 0 Å². The highest BCUT2D eigenvalue weighted by molar-refractivity contribution is 5.45. The second kappa shape index (κ2) is 5.01. The summed E-state index contributed by atoms with van der Waals surface area (Å²) >= 11 is 0. The van der Waals surface area contributed by atoms with E-state index in [1.807, 2.05) is 12.1 Å². The van der Waals surface area contributed by atoms with Gasteiger partial charge in [0.1, 0.15) is 11.6 Å². The normalized spacial score (nSPS) is 14.8. The van der Waals surface area contributed by atoms with Crippen LogP contribution >= 0.6 is 0 Å². The molecule has 1 aliphatic rings. The Balaban J connectivity index is 2.24. The van der Waals surface area contributed by atoms with E-state index in [0.29, 0.717) is 5.92 Å². The van der Waals surface area contributed by atoms with Crippen molar-refractivity contribution in [2.45, 2.75) is 32.6 Å². The van der Waals surface area contributed by atoms with Crippen molar-refractivity contribution in [2.75, 3.05) is 0 Å². The highest BCUT2D eigenvalue weighted by Crippen LogP contribution is 2.39. The van der Waals surface area contributed by atoms with Crippen molar-refractivity contribution >= 4 is 0 Å². The molecule has 0 unspecified atom stereocenters. The zero-order valence-corrected chi connectivity index (χ0v) is 11.8. The molecule has 0 N–H and O–H groups in total. The van der Waals surface area contributed by atoms with E-state index >= 15 is 0 Å². The summed E-state index contributed by atoms with van der Waals surface area (Å²) in [4.78, 5) is 0. The molecule has 0 atom stereocenters. The smallest absolute Gasteiger partial charge is 0.123 e. The highest BCUT2D eigenvalue weighted by Gasteiger charge is 2.26. The molecule has 0 aliphatic heterocycles. The van der Waals surface area contributed by atoms with Crippen LogP contribution in [0.25, 0.3) is 0 Å². The van der Waals surface area contributed by atoms with Crippen molar-refractivity contribution in [3.8, 4) is 0 Å². The minimum Gasteiger partial charge on any atom is -0.207 e. The molecule has 0 bridgehead atoms. The lowest BCUT2D eigenvalue weighted by Crippen LogP contribution is -2.11. The third kappa shape index (κ3) is 2.24. The van der Waals surface area contributed by atoms with E-state index in [-0.39, 0.29) is 17.6 Å². The molecule has 2 aromatic carbocycles. The van der Waals surface area contributed by atoms with Crippen LogP contribution in [0.3, 0.4) is 0 Å². The monoisotopic (exact) mass is 272 g/mol. The largest absolute Gasteiger partial charge is 0.207 e. The Morgan fingerprint density at radius 1 is 0.850 bits per heavy atom. The molecule has 0 amide bonds. The number of halogens is 2. The van der Waals surface area contributed by atoms with Gasteiger partial charge in [0.2, 0.25) is 0 Å². The second-order valence-corrected chi connectivity index (χ2v) is 5.91. The number of hydrogen-bond acceptors (Lipinski definition) is 0. The summed E-state index contributed by atoms with van der Waals surface area (Å²) in [5.41, 5.74) is 4.40. The number of fused-ring (bicyclic) bond motifs is 2. The van der Waals surface area contributed by atoms with Gasteiger partial charge in [0.15, 0.2) is 0 Å². The Labute approximate surface area is 118 Å². The zero-order valence-electron chi connectivity index (χ0n) is 11.8. The Kier molecular flexibility index (Phi) is 3.33. The average molecular weight is 272 g/mol. The van der Waals surface area contributed by atoms with Crippen molar-refractivity contribution in [2.24, 2.45) is 5.92 Å². The average Bonchev–Trinajstić information content (AvgIpc) is 2.54. The van der Waals surface area contributed by atoms with Crippen LogP contribution in [0.4, 0.5) is 8.78 Å². The van der Waals surface area contributed by atoms with Crippen LogP contribution < -0.4 is 0 Å². The fourth-order valence-corrected chi connectivity index (χ4v) is 3.32. The van der Waals surface area contributed by atoms with Crippen molar-refractivity contribution < 1.29 is 8.78 Å². The van der Waals surface area contributed by atoms with Gasteiger partial charge in [0.05, 0.1) is 0 Å². The van der Waals surface area contributed by atoms with Gasteiger partial charge < -0.3 is 0 Å². The van der Waals surface area contributed by atoms with E-state index in [1.165, 1.54) is 23.3 Å². The molecule has 3 rings (SSSR count). The lowest BCUT2D eigenvalue weighted by molar-refractivity contribution is 0.548. The number of benzene rings is 2. The quantitative estimate of drug-likeness (QED) is 0.696. The van der Waals surface area contributed by atoms with Gasteiger partial charge in [-0.05, 0) is 65.3 Å². The molecule has 2 heteroatoms. The molecule has 0 saturated heterocycles. The number of aryl methyl sites for hydroxylation is 2. The van der Waals surface area contributed by atoms with Gasteiger partial charge in [-0.3, -0.25) is 0 Å². The fraction of sp³-hybridized carbons (Fsp3) is 0.333. The van der Waals surface area contributed by atoms with Crippen LogP contribution in [0.1, 0.15) is 42.0 Å². The Hall–Kier alpha value is -1.70. The van der Waals surface area contributed by atoms with E-state index in [1.54, 1.807) is 12.1 Å². The van der Waals surface area contributed by atoms with Gasteiger partial charge in [-0.1, -0.05) is 26.0 Å². The Bertz CT molecular complexity index is 590. The second-order valence-electron chi connectivity index (χ2n) is 5.91. The molecular weight excluding hydrogens is 254 g/mol. The van der Waals surface area contributed by atoms with Gasteiger partial charge in [-0.25, -0.2) is 8.78 Å². The molecule has 20 heavy (non-hydrogen) atoms. The molecule has 0 spiro atoms. The van der Waals surface area contributed by atoms with Crippen LogP contribution in [-0.2, 0) is 12.8 Å². The molecule has 0 heterocycles. The van der Waals surface area contributed by atoms with E-state index in [2.05, 4.69) is 13.8 Å². The first kappa shape index (κ1) is 13.3. The summed E-state index contributed by atoms with van der Waals surface area (Å²) in [6, 6.07) is 10.0. The predicted molar refractivity (Wildman–Crippen MR) is 76.9 cm³/mol. The topological polar surface area (TPSA) is 0 Å². The molecule has 2 aromatic rings. The van der Waals surface area contributed by atoms with Gasteiger partial charge >= 0.3 is 0 Å². The highest BCUT2D eigenvalue weighted by atomic mass is 19.1. The lowest BCUT2D eigenvalue weighted by atomic mass is 9.80. The van der Waals surface area contributed by atoms with Gasteiger partial charge in [-0.15, -0.1) is 0 Å². The summed E-state index contributed by atoms with van der Waals surface area (Å²) in [6.45, 7) is 4.22. The minimum absolute atomic E-state index is 0.0638. The van der Waals surface area contributed by atoms with Crippen LogP contribution in [-0.4, -0.2) is 0 Å². The first-order valence-electron chi connectivity index (χ1n) is 7.13. The maximum Gasteiger partial charge on any atom is 0.123 e. The van der Waals surface area contributed by atoms with Crippen LogP contribution in [0.5, 0.6) is 0 Å². The van der Waals surface area contributed by atoms with Crippen LogP contribution in [0, 0.1) is 17.6 Å². The SMILES string of the molecule is CC(C)C1c2cc(F)ccc2CCc2ccc(F)cc21. The van der Waals surface area contributed by atoms with E-state index < -0.39 is 0 Å². The fourth-order valence-electron chi connectivity index (χ4n) is 3.32. The van der Waals surface area contributed by atoms with E-state index in [0.717, 1.165) is 24.0 Å². The summed E-state index contributed by atoms with van der Waals surface area (Å²) in [5.74, 6) is -0.0633. The van der Waals surface area contributed by atoms with Crippen molar-refractivity contribution in [1.82, 2.24) is 0 Å². The molecular formula is C18H18F2. The van der Waals surface area contributed by atoms with Gasteiger partial charge in [0, 0.05) is 5.92 Å². The van der Waals surface area contributed by atoms with Crippen molar-refractivity contribution in [3.05, 3.63) is 70.3 Å². The van der Waals surface area contributed by atoms with Gasteiger partial charge in [-0.2, -0.15) is 0 Å². The third-order valence-electron chi connectivity index (χ3n) is 4.22. The summed E-state index contributed by atoms with van der Waals surface area (Å²) in [7, 11) is 0. The first-order chi connectivity index (χ1) is 9.56. The van der Waals surface area contributed by atoms with Crippen molar-refractivity contribution in [3.63, 3.8) is 0 Å². The molecule has 0 fully saturated rings.